The molecule has 0 aliphatic carbocycles. The third-order valence-corrected chi connectivity index (χ3v) is 2.28. The SMILES string of the molecule is NCCC(O)Cc1ccsc1. The average Bonchev–Trinajstić information content (AvgIpc) is 2.40. The molecule has 3 heteroatoms. The first-order valence-corrected chi connectivity index (χ1v) is 4.66. The predicted octanol–water partition coefficient (Wildman–Crippen LogP) is 1.00. The second-order valence-corrected chi connectivity index (χ2v) is 3.35. The second-order valence-electron chi connectivity index (χ2n) is 2.57. The molecule has 2 nitrogen and oxygen atoms in total. The molecular formula is C8H13NOS. The van der Waals surface area contributed by atoms with Gasteiger partial charge in [0.05, 0.1) is 6.10 Å². The van der Waals surface area contributed by atoms with Crippen molar-refractivity contribution in [1.29, 1.82) is 0 Å². The fraction of sp³-hybridized carbons (Fsp3) is 0.500. The second kappa shape index (κ2) is 4.49. The maximum Gasteiger partial charge on any atom is 0.0592 e. The van der Waals surface area contributed by atoms with Crippen LogP contribution in [0.4, 0.5) is 0 Å². The number of rotatable bonds is 4. The molecule has 0 bridgehead atoms. The van der Waals surface area contributed by atoms with Gasteiger partial charge in [-0.3, -0.25) is 0 Å². The van der Waals surface area contributed by atoms with Gasteiger partial charge in [0.1, 0.15) is 0 Å². The van der Waals surface area contributed by atoms with Crippen LogP contribution < -0.4 is 5.73 Å². The van der Waals surface area contributed by atoms with Crippen molar-refractivity contribution >= 4 is 11.3 Å². The summed E-state index contributed by atoms with van der Waals surface area (Å²) in [6.07, 6.45) is 1.16. The number of aliphatic hydroxyl groups is 1. The van der Waals surface area contributed by atoms with Crippen LogP contribution in [-0.4, -0.2) is 17.8 Å². The molecule has 62 valence electrons. The molecule has 1 aromatic heterocycles. The summed E-state index contributed by atoms with van der Waals surface area (Å²) in [5.41, 5.74) is 6.51. The van der Waals surface area contributed by atoms with Crippen molar-refractivity contribution in [3.05, 3.63) is 22.4 Å². The maximum atomic E-state index is 9.35. The standard InChI is InChI=1S/C8H13NOS/c9-3-1-8(10)5-7-2-4-11-6-7/h2,4,6,8,10H,1,3,5,9H2. The van der Waals surface area contributed by atoms with Crippen LogP contribution >= 0.6 is 11.3 Å². The topological polar surface area (TPSA) is 46.2 Å². The lowest BCUT2D eigenvalue weighted by molar-refractivity contribution is 0.167. The Morgan fingerprint density at radius 3 is 3.00 bits per heavy atom. The lowest BCUT2D eigenvalue weighted by Gasteiger charge is -2.06. The molecule has 1 aromatic rings. The summed E-state index contributed by atoms with van der Waals surface area (Å²) < 4.78 is 0. The van der Waals surface area contributed by atoms with E-state index in [0.717, 1.165) is 6.42 Å². The van der Waals surface area contributed by atoms with Crippen LogP contribution in [0.25, 0.3) is 0 Å². The lowest BCUT2D eigenvalue weighted by atomic mass is 10.1. The molecular weight excluding hydrogens is 158 g/mol. The Morgan fingerprint density at radius 1 is 1.64 bits per heavy atom. The fourth-order valence-corrected chi connectivity index (χ4v) is 1.66. The van der Waals surface area contributed by atoms with Crippen molar-refractivity contribution in [2.45, 2.75) is 18.9 Å². The first-order chi connectivity index (χ1) is 5.33. The highest BCUT2D eigenvalue weighted by molar-refractivity contribution is 7.07. The molecule has 0 amide bonds. The molecule has 0 aliphatic heterocycles. The Balaban J connectivity index is 2.31. The minimum atomic E-state index is -0.269. The smallest absolute Gasteiger partial charge is 0.0592 e. The molecule has 3 N–H and O–H groups in total. The number of thiophene rings is 1. The van der Waals surface area contributed by atoms with E-state index in [-0.39, 0.29) is 6.10 Å². The Hall–Kier alpha value is -0.380. The van der Waals surface area contributed by atoms with Gasteiger partial charge in [-0.2, -0.15) is 11.3 Å². The third-order valence-electron chi connectivity index (χ3n) is 1.55. The third kappa shape index (κ3) is 3.01. The Labute approximate surface area is 70.7 Å². The van der Waals surface area contributed by atoms with Crippen molar-refractivity contribution in [3.63, 3.8) is 0 Å². The van der Waals surface area contributed by atoms with Gasteiger partial charge < -0.3 is 10.8 Å². The molecule has 0 fully saturated rings. The van der Waals surface area contributed by atoms with E-state index in [4.69, 9.17) is 5.73 Å². The molecule has 1 rings (SSSR count). The molecule has 0 radical (unpaired) electrons. The van der Waals surface area contributed by atoms with Gasteiger partial charge in [0.2, 0.25) is 0 Å². The zero-order valence-corrected chi connectivity index (χ0v) is 7.18. The lowest BCUT2D eigenvalue weighted by Crippen LogP contribution is -2.15. The van der Waals surface area contributed by atoms with Gasteiger partial charge in [-0.1, -0.05) is 0 Å². The van der Waals surface area contributed by atoms with Crippen LogP contribution in [0.3, 0.4) is 0 Å². The number of nitrogens with two attached hydrogens (primary N) is 1. The van der Waals surface area contributed by atoms with E-state index >= 15 is 0 Å². The molecule has 1 atom stereocenters. The van der Waals surface area contributed by atoms with Crippen LogP contribution in [0.1, 0.15) is 12.0 Å². The number of aliphatic hydroxyl groups excluding tert-OH is 1. The summed E-state index contributed by atoms with van der Waals surface area (Å²) in [5.74, 6) is 0. The largest absolute Gasteiger partial charge is 0.393 e. The Kier molecular flexibility index (Phi) is 3.56. The first-order valence-electron chi connectivity index (χ1n) is 3.72. The molecule has 0 spiro atoms. The highest BCUT2D eigenvalue weighted by Crippen LogP contribution is 2.09. The normalized spacial score (nSPS) is 13.3. The maximum absolute atomic E-state index is 9.35. The summed E-state index contributed by atoms with van der Waals surface area (Å²) in [6.45, 7) is 0.561. The minimum Gasteiger partial charge on any atom is -0.393 e. The van der Waals surface area contributed by atoms with Crippen LogP contribution in [0.5, 0.6) is 0 Å². The summed E-state index contributed by atoms with van der Waals surface area (Å²) in [7, 11) is 0. The molecule has 0 aliphatic rings. The van der Waals surface area contributed by atoms with E-state index in [1.54, 1.807) is 11.3 Å². The molecule has 0 saturated heterocycles. The van der Waals surface area contributed by atoms with Crippen molar-refractivity contribution < 1.29 is 5.11 Å². The minimum absolute atomic E-state index is 0.269. The highest BCUT2D eigenvalue weighted by atomic mass is 32.1. The van der Waals surface area contributed by atoms with E-state index in [0.29, 0.717) is 13.0 Å². The first kappa shape index (κ1) is 8.71. The molecule has 0 saturated carbocycles. The van der Waals surface area contributed by atoms with Gasteiger partial charge in [-0.05, 0) is 41.8 Å². The zero-order valence-electron chi connectivity index (χ0n) is 6.36. The van der Waals surface area contributed by atoms with E-state index in [1.807, 2.05) is 11.4 Å². The van der Waals surface area contributed by atoms with Crippen LogP contribution in [0.2, 0.25) is 0 Å². The summed E-state index contributed by atoms with van der Waals surface area (Å²) in [5, 5.41) is 13.4. The van der Waals surface area contributed by atoms with Gasteiger partial charge in [0.15, 0.2) is 0 Å². The Morgan fingerprint density at radius 2 is 2.45 bits per heavy atom. The van der Waals surface area contributed by atoms with Crippen molar-refractivity contribution in [2.24, 2.45) is 5.73 Å². The molecule has 0 aromatic carbocycles. The molecule has 1 unspecified atom stereocenters. The van der Waals surface area contributed by atoms with E-state index in [2.05, 4.69) is 5.38 Å². The van der Waals surface area contributed by atoms with Crippen molar-refractivity contribution in [3.8, 4) is 0 Å². The molecule has 1 heterocycles. The van der Waals surface area contributed by atoms with Gasteiger partial charge in [-0.25, -0.2) is 0 Å². The number of hydrogen-bond acceptors (Lipinski definition) is 3. The summed E-state index contributed by atoms with van der Waals surface area (Å²) >= 11 is 1.66. The highest BCUT2D eigenvalue weighted by Gasteiger charge is 2.03. The van der Waals surface area contributed by atoms with Gasteiger partial charge >= 0.3 is 0 Å². The molecule has 11 heavy (non-hydrogen) atoms. The van der Waals surface area contributed by atoms with Gasteiger partial charge in [-0.15, -0.1) is 0 Å². The van der Waals surface area contributed by atoms with Crippen molar-refractivity contribution in [2.75, 3.05) is 6.54 Å². The monoisotopic (exact) mass is 171 g/mol. The van der Waals surface area contributed by atoms with Crippen LogP contribution in [0, 0.1) is 0 Å². The van der Waals surface area contributed by atoms with Crippen LogP contribution in [0.15, 0.2) is 16.8 Å². The average molecular weight is 171 g/mol. The van der Waals surface area contributed by atoms with E-state index in [9.17, 15) is 5.11 Å². The Bertz CT molecular complexity index is 186. The zero-order chi connectivity index (χ0) is 8.10. The van der Waals surface area contributed by atoms with Crippen LogP contribution in [-0.2, 0) is 6.42 Å². The van der Waals surface area contributed by atoms with Gasteiger partial charge in [0.25, 0.3) is 0 Å². The predicted molar refractivity (Wildman–Crippen MR) is 47.7 cm³/mol. The fourth-order valence-electron chi connectivity index (χ4n) is 0.975. The van der Waals surface area contributed by atoms with Crippen molar-refractivity contribution in [1.82, 2.24) is 0 Å². The summed E-state index contributed by atoms with van der Waals surface area (Å²) in [6, 6.07) is 2.03. The van der Waals surface area contributed by atoms with E-state index in [1.165, 1.54) is 5.56 Å². The number of hydrogen-bond donors (Lipinski definition) is 2. The quantitative estimate of drug-likeness (QED) is 0.710. The van der Waals surface area contributed by atoms with Gasteiger partial charge in [0, 0.05) is 0 Å². The van der Waals surface area contributed by atoms with E-state index < -0.39 is 0 Å². The summed E-state index contributed by atoms with van der Waals surface area (Å²) in [4.78, 5) is 0.